The Bertz CT molecular complexity index is 761. The van der Waals surface area contributed by atoms with Crippen molar-refractivity contribution in [2.75, 3.05) is 0 Å². The third-order valence-electron chi connectivity index (χ3n) is 2.91. The summed E-state index contributed by atoms with van der Waals surface area (Å²) in [6.45, 7) is 2.06. The predicted octanol–water partition coefficient (Wildman–Crippen LogP) is 4.92. The average molecular weight is 314 g/mol. The van der Waals surface area contributed by atoms with Gasteiger partial charge in [0.25, 0.3) is 0 Å². The van der Waals surface area contributed by atoms with E-state index in [4.69, 9.17) is 11.6 Å². The van der Waals surface area contributed by atoms with Crippen LogP contribution in [0, 0.1) is 6.92 Å². The lowest BCUT2D eigenvalue weighted by Crippen LogP contribution is -1.78. The minimum absolute atomic E-state index is 0.639. The summed E-state index contributed by atoms with van der Waals surface area (Å²) in [5.41, 5.74) is 3.27. The molecular formula is C16H12ClN3S. The Morgan fingerprint density at radius 1 is 1.00 bits per heavy atom. The summed E-state index contributed by atoms with van der Waals surface area (Å²) in [4.78, 5) is 4.35. The van der Waals surface area contributed by atoms with Gasteiger partial charge in [-0.1, -0.05) is 64.9 Å². The molecule has 104 valence electrons. The second-order valence-corrected chi connectivity index (χ2v) is 5.96. The lowest BCUT2D eigenvalue weighted by Gasteiger charge is -1.94. The molecule has 0 aliphatic carbocycles. The highest BCUT2D eigenvalue weighted by molar-refractivity contribution is 7.18. The van der Waals surface area contributed by atoms with Gasteiger partial charge >= 0.3 is 0 Å². The summed E-state index contributed by atoms with van der Waals surface area (Å²) in [7, 11) is 0. The maximum atomic E-state index is 5.85. The van der Waals surface area contributed by atoms with Crippen LogP contribution in [0.25, 0.3) is 10.6 Å². The molecule has 0 radical (unpaired) electrons. The van der Waals surface area contributed by atoms with E-state index in [2.05, 4.69) is 34.2 Å². The zero-order valence-electron chi connectivity index (χ0n) is 11.3. The molecule has 5 heteroatoms. The van der Waals surface area contributed by atoms with Crippen molar-refractivity contribution in [2.45, 2.75) is 6.92 Å². The first-order valence-electron chi connectivity index (χ1n) is 6.41. The van der Waals surface area contributed by atoms with Crippen LogP contribution in [-0.4, -0.2) is 16.4 Å². The van der Waals surface area contributed by atoms with E-state index in [0.29, 0.717) is 10.2 Å². The molecule has 0 aliphatic heterocycles. The van der Waals surface area contributed by atoms with E-state index in [9.17, 15) is 0 Å². The highest BCUT2D eigenvalue weighted by Crippen LogP contribution is 2.28. The maximum Gasteiger partial charge on any atom is 0.231 e. The zero-order chi connectivity index (χ0) is 14.7. The summed E-state index contributed by atoms with van der Waals surface area (Å²) < 4.78 is 0. The van der Waals surface area contributed by atoms with E-state index in [0.717, 1.165) is 16.1 Å². The summed E-state index contributed by atoms with van der Waals surface area (Å²) >= 11 is 7.31. The van der Waals surface area contributed by atoms with E-state index in [-0.39, 0.29) is 0 Å². The molecule has 0 N–H and O–H groups in total. The highest BCUT2D eigenvalue weighted by Gasteiger charge is 2.05. The fraction of sp³-hybridized carbons (Fsp3) is 0.0625. The van der Waals surface area contributed by atoms with E-state index < -0.39 is 0 Å². The monoisotopic (exact) mass is 313 g/mol. The fourth-order valence-electron chi connectivity index (χ4n) is 1.76. The Kier molecular flexibility index (Phi) is 4.08. The van der Waals surface area contributed by atoms with Gasteiger partial charge in [0.05, 0.1) is 0 Å². The van der Waals surface area contributed by atoms with Crippen molar-refractivity contribution in [3.8, 4) is 10.6 Å². The van der Waals surface area contributed by atoms with Crippen molar-refractivity contribution in [2.24, 2.45) is 4.99 Å². The molecule has 1 aromatic heterocycles. The normalized spacial score (nSPS) is 11.1. The standard InChI is InChI=1S/C16H12ClN3S/c1-11-2-6-13(7-3-11)15-19-20-16(21-15)18-10-12-4-8-14(17)9-5-12/h2-10H,1H3/b18-10+. The number of aryl methyl sites for hydroxylation is 1. The number of rotatable bonds is 3. The van der Waals surface area contributed by atoms with Gasteiger partial charge in [-0.15, -0.1) is 10.2 Å². The molecule has 0 saturated carbocycles. The van der Waals surface area contributed by atoms with Gasteiger partial charge in [0.1, 0.15) is 5.01 Å². The lowest BCUT2D eigenvalue weighted by molar-refractivity contribution is 1.09. The first kappa shape index (κ1) is 13.9. The smallest absolute Gasteiger partial charge is 0.226 e. The van der Waals surface area contributed by atoms with Gasteiger partial charge in [-0.2, -0.15) is 0 Å². The topological polar surface area (TPSA) is 38.1 Å². The van der Waals surface area contributed by atoms with Gasteiger partial charge in [0, 0.05) is 16.8 Å². The fourth-order valence-corrected chi connectivity index (χ4v) is 2.58. The minimum Gasteiger partial charge on any atom is -0.226 e. The van der Waals surface area contributed by atoms with Gasteiger partial charge in [-0.05, 0) is 24.6 Å². The van der Waals surface area contributed by atoms with Gasteiger partial charge in [0.2, 0.25) is 5.13 Å². The molecule has 0 fully saturated rings. The van der Waals surface area contributed by atoms with Crippen molar-refractivity contribution in [3.63, 3.8) is 0 Å². The highest BCUT2D eigenvalue weighted by atomic mass is 35.5. The Hall–Kier alpha value is -2.04. The molecule has 0 atom stereocenters. The molecule has 0 aliphatic rings. The quantitative estimate of drug-likeness (QED) is 0.644. The molecule has 21 heavy (non-hydrogen) atoms. The molecule has 0 spiro atoms. The van der Waals surface area contributed by atoms with Crippen molar-refractivity contribution in [1.29, 1.82) is 0 Å². The van der Waals surface area contributed by atoms with Crippen LogP contribution in [0.1, 0.15) is 11.1 Å². The van der Waals surface area contributed by atoms with E-state index in [1.165, 1.54) is 16.9 Å². The van der Waals surface area contributed by atoms with Crippen LogP contribution in [0.5, 0.6) is 0 Å². The number of aromatic nitrogens is 2. The van der Waals surface area contributed by atoms with E-state index in [1.54, 1.807) is 6.21 Å². The first-order valence-corrected chi connectivity index (χ1v) is 7.60. The van der Waals surface area contributed by atoms with Gasteiger partial charge in [-0.25, -0.2) is 4.99 Å². The molecule has 0 bridgehead atoms. The number of halogens is 1. The minimum atomic E-state index is 0.639. The molecule has 0 saturated heterocycles. The van der Waals surface area contributed by atoms with Gasteiger partial charge in [0.15, 0.2) is 0 Å². The second-order valence-electron chi connectivity index (χ2n) is 4.57. The largest absolute Gasteiger partial charge is 0.231 e. The molecule has 3 rings (SSSR count). The van der Waals surface area contributed by atoms with E-state index >= 15 is 0 Å². The van der Waals surface area contributed by atoms with Crippen molar-refractivity contribution in [3.05, 3.63) is 64.7 Å². The third-order valence-corrected chi connectivity index (χ3v) is 4.04. The molecule has 0 unspecified atom stereocenters. The molecule has 1 heterocycles. The Morgan fingerprint density at radius 3 is 2.43 bits per heavy atom. The van der Waals surface area contributed by atoms with Crippen LogP contribution in [-0.2, 0) is 0 Å². The molecule has 3 aromatic rings. The van der Waals surface area contributed by atoms with Gasteiger partial charge in [-0.3, -0.25) is 0 Å². The maximum absolute atomic E-state index is 5.85. The van der Waals surface area contributed by atoms with Crippen LogP contribution in [0.15, 0.2) is 53.5 Å². The van der Waals surface area contributed by atoms with Crippen molar-refractivity contribution < 1.29 is 0 Å². The van der Waals surface area contributed by atoms with Crippen LogP contribution < -0.4 is 0 Å². The first-order chi connectivity index (χ1) is 10.2. The number of hydrogen-bond donors (Lipinski definition) is 0. The van der Waals surface area contributed by atoms with E-state index in [1.807, 2.05) is 36.4 Å². The summed E-state index contributed by atoms with van der Waals surface area (Å²) in [5.74, 6) is 0. The summed E-state index contributed by atoms with van der Waals surface area (Å²) in [5, 5.41) is 10.5. The van der Waals surface area contributed by atoms with Crippen LogP contribution >= 0.6 is 22.9 Å². The number of hydrogen-bond acceptors (Lipinski definition) is 4. The number of benzene rings is 2. The Labute approximate surface area is 132 Å². The molecule has 2 aromatic carbocycles. The Balaban J connectivity index is 1.78. The van der Waals surface area contributed by atoms with Gasteiger partial charge < -0.3 is 0 Å². The molecular weight excluding hydrogens is 302 g/mol. The predicted molar refractivity (Wildman–Crippen MR) is 88.8 cm³/mol. The van der Waals surface area contributed by atoms with Crippen LogP contribution in [0.2, 0.25) is 5.02 Å². The number of aliphatic imine (C=N–C) groups is 1. The molecule has 3 nitrogen and oxygen atoms in total. The lowest BCUT2D eigenvalue weighted by atomic mass is 10.2. The zero-order valence-corrected chi connectivity index (χ0v) is 12.9. The summed E-state index contributed by atoms with van der Waals surface area (Å²) in [6.07, 6.45) is 1.76. The SMILES string of the molecule is Cc1ccc(-c2nnc(/N=C/c3ccc(Cl)cc3)s2)cc1. The van der Waals surface area contributed by atoms with Crippen molar-refractivity contribution >= 4 is 34.3 Å². The second kappa shape index (κ2) is 6.16. The molecule has 0 amide bonds. The Morgan fingerprint density at radius 2 is 1.71 bits per heavy atom. The van der Waals surface area contributed by atoms with Crippen LogP contribution in [0.4, 0.5) is 5.13 Å². The van der Waals surface area contributed by atoms with Crippen LogP contribution in [0.3, 0.4) is 0 Å². The third kappa shape index (κ3) is 3.54. The van der Waals surface area contributed by atoms with Crippen molar-refractivity contribution in [1.82, 2.24) is 10.2 Å². The number of nitrogens with zero attached hydrogens (tertiary/aromatic N) is 3. The average Bonchev–Trinajstić information content (AvgIpc) is 2.96. The summed E-state index contributed by atoms with van der Waals surface area (Å²) in [6, 6.07) is 15.7.